The molecule has 0 saturated carbocycles. The van der Waals surface area contributed by atoms with Crippen LogP contribution < -0.4 is 5.32 Å². The van der Waals surface area contributed by atoms with E-state index in [0.29, 0.717) is 19.0 Å². The molecule has 0 aromatic carbocycles. The minimum atomic E-state index is -0.349. The quantitative estimate of drug-likeness (QED) is 0.827. The predicted molar refractivity (Wildman–Crippen MR) is 76.4 cm³/mol. The van der Waals surface area contributed by atoms with Gasteiger partial charge in [0.2, 0.25) is 5.91 Å². The molecule has 19 heavy (non-hydrogen) atoms. The lowest BCUT2D eigenvalue weighted by molar-refractivity contribution is -0.144. The molecule has 0 aliphatic carbocycles. The molecule has 1 aliphatic rings. The van der Waals surface area contributed by atoms with E-state index >= 15 is 0 Å². The maximum atomic E-state index is 12.7. The van der Waals surface area contributed by atoms with Gasteiger partial charge in [0.15, 0.2) is 0 Å². The van der Waals surface area contributed by atoms with E-state index in [1.165, 1.54) is 0 Å². The van der Waals surface area contributed by atoms with Crippen molar-refractivity contribution in [3.05, 3.63) is 0 Å². The van der Waals surface area contributed by atoms with Crippen LogP contribution in [0.1, 0.15) is 40.5 Å². The first-order chi connectivity index (χ1) is 8.93. The van der Waals surface area contributed by atoms with Gasteiger partial charge < -0.3 is 10.2 Å². The summed E-state index contributed by atoms with van der Waals surface area (Å²) in [4.78, 5) is 14.6. The van der Waals surface area contributed by atoms with Gasteiger partial charge in [0, 0.05) is 18.5 Å². The van der Waals surface area contributed by atoms with Crippen LogP contribution in [0.25, 0.3) is 0 Å². The van der Waals surface area contributed by atoms with Gasteiger partial charge in [-0.1, -0.05) is 13.8 Å². The lowest BCUT2D eigenvalue weighted by Crippen LogP contribution is -2.49. The summed E-state index contributed by atoms with van der Waals surface area (Å²) in [5.74, 6) is 0.468. The topological polar surface area (TPSA) is 56.1 Å². The third-order valence-corrected chi connectivity index (χ3v) is 4.25. The molecule has 2 atom stereocenters. The first-order valence-electron chi connectivity index (χ1n) is 7.33. The molecule has 1 aliphatic heterocycles. The Bertz CT molecular complexity index is 340. The first-order valence-corrected chi connectivity index (χ1v) is 7.33. The Hall–Kier alpha value is -1.08. The Morgan fingerprint density at radius 3 is 2.74 bits per heavy atom. The summed E-state index contributed by atoms with van der Waals surface area (Å²) in [6.45, 7) is 11.1. The van der Waals surface area contributed by atoms with Crippen molar-refractivity contribution in [2.45, 2.75) is 40.5 Å². The second kappa shape index (κ2) is 6.91. The van der Waals surface area contributed by atoms with Gasteiger partial charge in [-0.3, -0.25) is 4.79 Å². The molecule has 4 nitrogen and oxygen atoms in total. The highest BCUT2D eigenvalue weighted by Crippen LogP contribution is 2.33. The van der Waals surface area contributed by atoms with Crippen LogP contribution in [0.15, 0.2) is 0 Å². The number of hydrogen-bond donors (Lipinski definition) is 1. The molecule has 1 amide bonds. The largest absolute Gasteiger partial charge is 0.341 e. The van der Waals surface area contributed by atoms with Gasteiger partial charge in [-0.25, -0.2) is 0 Å². The van der Waals surface area contributed by atoms with E-state index in [0.717, 1.165) is 25.9 Å². The highest BCUT2D eigenvalue weighted by Gasteiger charge is 2.39. The van der Waals surface area contributed by atoms with Crippen LogP contribution in [0.5, 0.6) is 0 Å². The number of nitrogens with one attached hydrogen (secondary N) is 1. The highest BCUT2D eigenvalue weighted by molar-refractivity contribution is 5.82. The number of nitrogens with zero attached hydrogens (tertiary/aromatic N) is 2. The average Bonchev–Trinajstić information content (AvgIpc) is 2.44. The summed E-state index contributed by atoms with van der Waals surface area (Å²) in [5, 5.41) is 12.3. The number of carbonyl (C=O) groups excluding carboxylic acids is 1. The Morgan fingerprint density at radius 1 is 1.58 bits per heavy atom. The second-order valence-corrected chi connectivity index (χ2v) is 6.14. The highest BCUT2D eigenvalue weighted by atomic mass is 16.2. The van der Waals surface area contributed by atoms with Crippen LogP contribution in [-0.4, -0.2) is 37.0 Å². The fourth-order valence-electron chi connectivity index (χ4n) is 2.78. The molecule has 0 bridgehead atoms. The maximum Gasteiger partial charge on any atom is 0.228 e. The Labute approximate surface area is 117 Å². The van der Waals surface area contributed by atoms with Crippen LogP contribution in [0.2, 0.25) is 0 Å². The summed E-state index contributed by atoms with van der Waals surface area (Å²) in [6.07, 6.45) is 2.25. The Balaban J connectivity index is 2.74. The summed E-state index contributed by atoms with van der Waals surface area (Å²) in [6, 6.07) is 2.21. The molecule has 1 rings (SSSR count). The monoisotopic (exact) mass is 265 g/mol. The minimum Gasteiger partial charge on any atom is -0.341 e. The molecule has 0 spiro atoms. The Kier molecular flexibility index (Phi) is 5.81. The van der Waals surface area contributed by atoms with Crippen LogP contribution in [0.4, 0.5) is 0 Å². The van der Waals surface area contributed by atoms with E-state index < -0.39 is 0 Å². The zero-order chi connectivity index (χ0) is 14.5. The smallest absolute Gasteiger partial charge is 0.228 e. The van der Waals surface area contributed by atoms with Gasteiger partial charge in [0.1, 0.15) is 0 Å². The van der Waals surface area contributed by atoms with Crippen molar-refractivity contribution in [1.82, 2.24) is 10.2 Å². The first kappa shape index (κ1) is 16.0. The number of hydrogen-bond acceptors (Lipinski definition) is 3. The zero-order valence-electron chi connectivity index (χ0n) is 12.7. The third kappa shape index (κ3) is 3.94. The van der Waals surface area contributed by atoms with E-state index in [4.69, 9.17) is 5.26 Å². The predicted octanol–water partition coefficient (Wildman–Crippen LogP) is 2.02. The summed E-state index contributed by atoms with van der Waals surface area (Å²) in [7, 11) is 0. The molecule has 1 N–H and O–H groups in total. The molecular weight excluding hydrogens is 238 g/mol. The lowest BCUT2D eigenvalue weighted by atomic mass is 9.74. The SMILES string of the molecule is CCN(CC(C)C#N)C(=O)C(C)(C)C1CCCNC1. The number of carbonyl (C=O) groups is 1. The number of nitriles is 1. The molecule has 0 radical (unpaired) electrons. The van der Waals surface area contributed by atoms with Crippen LogP contribution >= 0.6 is 0 Å². The van der Waals surface area contributed by atoms with Crippen molar-refractivity contribution in [2.24, 2.45) is 17.3 Å². The van der Waals surface area contributed by atoms with E-state index in [1.54, 1.807) is 0 Å². The van der Waals surface area contributed by atoms with Gasteiger partial charge in [0.25, 0.3) is 0 Å². The van der Waals surface area contributed by atoms with E-state index in [-0.39, 0.29) is 17.2 Å². The average molecular weight is 265 g/mol. The molecule has 2 unspecified atom stereocenters. The van der Waals surface area contributed by atoms with Crippen molar-refractivity contribution in [2.75, 3.05) is 26.2 Å². The molecule has 0 aromatic rings. The van der Waals surface area contributed by atoms with Crippen LogP contribution in [0.3, 0.4) is 0 Å². The number of piperidine rings is 1. The van der Waals surface area contributed by atoms with E-state index in [2.05, 4.69) is 11.4 Å². The van der Waals surface area contributed by atoms with Crippen molar-refractivity contribution in [3.8, 4) is 6.07 Å². The summed E-state index contributed by atoms with van der Waals surface area (Å²) < 4.78 is 0. The van der Waals surface area contributed by atoms with Gasteiger partial charge in [-0.15, -0.1) is 0 Å². The number of amides is 1. The van der Waals surface area contributed by atoms with Gasteiger partial charge in [-0.2, -0.15) is 5.26 Å². The minimum absolute atomic E-state index is 0.107. The van der Waals surface area contributed by atoms with Crippen molar-refractivity contribution >= 4 is 5.91 Å². The van der Waals surface area contributed by atoms with Crippen LogP contribution in [-0.2, 0) is 4.79 Å². The Morgan fingerprint density at radius 2 is 2.26 bits per heavy atom. The summed E-state index contributed by atoms with van der Waals surface area (Å²) >= 11 is 0. The fourth-order valence-corrected chi connectivity index (χ4v) is 2.78. The van der Waals surface area contributed by atoms with Gasteiger partial charge in [0.05, 0.1) is 12.0 Å². The van der Waals surface area contributed by atoms with Crippen LogP contribution in [0, 0.1) is 28.6 Å². The van der Waals surface area contributed by atoms with E-state index in [1.807, 2.05) is 32.6 Å². The van der Waals surface area contributed by atoms with Gasteiger partial charge in [-0.05, 0) is 45.7 Å². The molecule has 0 aromatic heterocycles. The van der Waals surface area contributed by atoms with E-state index in [9.17, 15) is 4.79 Å². The van der Waals surface area contributed by atoms with Crippen molar-refractivity contribution in [1.29, 1.82) is 5.26 Å². The standard InChI is InChI=1S/C15H27N3O/c1-5-18(11-12(2)9-16)14(19)15(3,4)13-7-6-8-17-10-13/h12-13,17H,5-8,10-11H2,1-4H3. The zero-order valence-corrected chi connectivity index (χ0v) is 12.7. The summed E-state index contributed by atoms with van der Waals surface area (Å²) in [5.41, 5.74) is -0.349. The third-order valence-electron chi connectivity index (χ3n) is 4.25. The molecule has 108 valence electrons. The van der Waals surface area contributed by atoms with Gasteiger partial charge >= 0.3 is 0 Å². The second-order valence-electron chi connectivity index (χ2n) is 6.14. The molecule has 1 fully saturated rings. The normalized spacial score (nSPS) is 21.5. The molecule has 1 heterocycles. The van der Waals surface area contributed by atoms with Crippen molar-refractivity contribution < 1.29 is 4.79 Å². The molecular formula is C15H27N3O. The molecule has 1 saturated heterocycles. The number of rotatable bonds is 5. The molecule has 4 heteroatoms. The maximum absolute atomic E-state index is 12.7. The van der Waals surface area contributed by atoms with Crippen molar-refractivity contribution in [3.63, 3.8) is 0 Å². The fraction of sp³-hybridized carbons (Fsp3) is 0.867. The lowest BCUT2D eigenvalue weighted by Gasteiger charge is -2.39.